The number of para-hydroxylation sites is 2. The van der Waals surface area contributed by atoms with E-state index in [1.165, 1.54) is 0 Å². The molecule has 0 atom stereocenters. The summed E-state index contributed by atoms with van der Waals surface area (Å²) in [5.74, 6) is 3.48. The summed E-state index contributed by atoms with van der Waals surface area (Å²) < 4.78 is 17.8. The molecule has 0 fully saturated rings. The van der Waals surface area contributed by atoms with Gasteiger partial charge in [0.25, 0.3) is 0 Å². The van der Waals surface area contributed by atoms with Gasteiger partial charge in [0.15, 0.2) is 17.5 Å². The highest BCUT2D eigenvalue weighted by Crippen LogP contribution is 2.43. The van der Waals surface area contributed by atoms with Gasteiger partial charge < -0.3 is 18.0 Å². The van der Waals surface area contributed by atoms with Crippen LogP contribution in [0.1, 0.15) is 0 Å². The second kappa shape index (κ2) is 26.1. The minimum absolute atomic E-state index is 0.581. The average molecular weight is 1340 g/mol. The van der Waals surface area contributed by atoms with Crippen molar-refractivity contribution >= 4 is 65.6 Å². The van der Waals surface area contributed by atoms with Crippen LogP contribution in [0.15, 0.2) is 362 Å². The molecule has 10 aromatic heterocycles. The lowest BCUT2D eigenvalue weighted by atomic mass is 9.98. The minimum Gasteiger partial charge on any atom is -0.455 e. The molecule has 0 amide bonds. The van der Waals surface area contributed by atoms with E-state index in [-0.39, 0.29) is 0 Å². The molecule has 20 aromatic rings. The van der Waals surface area contributed by atoms with E-state index in [1.807, 2.05) is 110 Å². The highest BCUT2D eigenvalue weighted by atomic mass is 16.3. The Kier molecular flexibility index (Phi) is 15.2. The van der Waals surface area contributed by atoms with Crippen molar-refractivity contribution in [2.75, 3.05) is 0 Å². The van der Waals surface area contributed by atoms with Crippen molar-refractivity contribution in [1.29, 1.82) is 0 Å². The highest BCUT2D eigenvalue weighted by Gasteiger charge is 2.22. The van der Waals surface area contributed by atoms with Crippen LogP contribution < -0.4 is 0 Å². The summed E-state index contributed by atoms with van der Waals surface area (Å²) in [5, 5.41) is 6.64. The third-order valence-corrected chi connectivity index (χ3v) is 19.3. The highest BCUT2D eigenvalue weighted by molar-refractivity contribution is 6.21. The zero-order chi connectivity index (χ0) is 68.9. The van der Waals surface area contributed by atoms with Gasteiger partial charge in [-0.3, -0.25) is 19.9 Å². The number of hydrogen-bond donors (Lipinski definition) is 0. The Morgan fingerprint density at radius 2 is 0.587 bits per heavy atom. The molecule has 0 aliphatic rings. The fraction of sp³-hybridized carbons (Fsp3) is 0. The van der Waals surface area contributed by atoms with Gasteiger partial charge >= 0.3 is 0 Å². The molecule has 104 heavy (non-hydrogen) atoms. The number of furan rings is 2. The summed E-state index contributed by atoms with van der Waals surface area (Å²) >= 11 is 0. The molecule has 10 aromatic carbocycles. The van der Waals surface area contributed by atoms with Gasteiger partial charge in [-0.25, -0.2) is 19.9 Å². The zero-order valence-corrected chi connectivity index (χ0v) is 55.8. The van der Waals surface area contributed by atoms with Gasteiger partial charge in [0, 0.05) is 121 Å². The Balaban J connectivity index is 0.000000143. The van der Waals surface area contributed by atoms with Gasteiger partial charge in [-0.1, -0.05) is 170 Å². The summed E-state index contributed by atoms with van der Waals surface area (Å²) in [6.07, 6.45) is 14.4. The van der Waals surface area contributed by atoms with Crippen molar-refractivity contribution < 1.29 is 8.83 Å². The molecule has 0 saturated carbocycles. The van der Waals surface area contributed by atoms with Crippen LogP contribution in [0.25, 0.3) is 190 Å². The van der Waals surface area contributed by atoms with E-state index in [9.17, 15) is 0 Å². The number of nitrogens with zero attached hydrogens (tertiary/aromatic N) is 10. The molecule has 0 aliphatic carbocycles. The van der Waals surface area contributed by atoms with E-state index in [2.05, 4.69) is 247 Å². The Morgan fingerprint density at radius 3 is 1.08 bits per heavy atom. The number of benzene rings is 10. The SMILES string of the molecule is c1ccc(-c2cc3ccc4c(c5ccccc5n4-c4ccc(-c5cc(-c6ccc(-c7ccncc7)cc6)cc(-c6ccncc6)n5)cc4)c3o2)cc1.c1ccc(-c2cc3ccc4c(c5ccccc5n4-c4cccc(-c5nc(-c6ccncc6)nc(-c6ccc(-c7ccncc7)cc6)n5)c4)c3o2)cc1. The van der Waals surface area contributed by atoms with Crippen LogP contribution in [0.3, 0.4) is 0 Å². The molecule has 0 radical (unpaired) electrons. The van der Waals surface area contributed by atoms with Gasteiger partial charge in [-0.15, -0.1) is 0 Å². The first-order valence-electron chi connectivity index (χ1n) is 34.4. The Bertz CT molecular complexity index is 6540. The molecule has 0 saturated heterocycles. The molecular weight excluding hydrogens is 1280 g/mol. The Morgan fingerprint density at radius 1 is 0.221 bits per heavy atom. The van der Waals surface area contributed by atoms with Crippen molar-refractivity contribution in [3.8, 4) is 124 Å². The molecule has 0 bridgehead atoms. The standard InChI is InChI=1S/C47H30N4O.C45H28N6O/c1-2-6-36(7-3-1)45-30-37-16-19-44-46(47(37)52-45)40-8-4-5-9-43(40)51(44)39-17-14-34(15-18-39)41-28-38(29-42(50-41)35-22-26-49-27-23-35)32-12-10-31(11-13-32)33-20-24-48-25-21-33;1-2-7-31(8-3-1)40-28-34-17-18-39-41(42(34)52-40)37-11-4-5-12-38(37)51(39)36-10-6-9-35(27-36)45-49-43(48-44(50-45)33-21-25-47-26-22-33)32-15-13-29(14-16-32)30-19-23-46-24-20-30/h1-30H;1-28H. The zero-order valence-electron chi connectivity index (χ0n) is 55.8. The molecular formula is C92H58N10O2. The molecule has 0 unspecified atom stereocenters. The van der Waals surface area contributed by atoms with Gasteiger partial charge in [-0.2, -0.15) is 0 Å². The summed E-state index contributed by atoms with van der Waals surface area (Å²) in [6, 6.07) is 105. The lowest BCUT2D eigenvalue weighted by molar-refractivity contribution is 0.635. The van der Waals surface area contributed by atoms with Gasteiger partial charge in [0.05, 0.1) is 44.2 Å². The number of rotatable bonds is 12. The fourth-order valence-corrected chi connectivity index (χ4v) is 14.2. The van der Waals surface area contributed by atoms with Crippen molar-refractivity contribution in [3.05, 3.63) is 353 Å². The van der Waals surface area contributed by atoms with Gasteiger partial charge in [-0.05, 0) is 167 Å². The van der Waals surface area contributed by atoms with Gasteiger partial charge in [0.1, 0.15) is 22.7 Å². The summed E-state index contributed by atoms with van der Waals surface area (Å²) in [5.41, 5.74) is 23.6. The molecule has 20 rings (SSSR count). The maximum atomic E-state index is 6.61. The normalized spacial score (nSPS) is 11.5. The third-order valence-electron chi connectivity index (χ3n) is 19.3. The lowest BCUT2D eigenvalue weighted by Crippen LogP contribution is -2.01. The maximum Gasteiger partial charge on any atom is 0.164 e. The number of aromatic nitrogens is 10. The maximum absolute atomic E-state index is 6.61. The first kappa shape index (κ1) is 60.8. The van der Waals surface area contributed by atoms with Gasteiger partial charge in [0.2, 0.25) is 0 Å². The summed E-state index contributed by atoms with van der Waals surface area (Å²) in [4.78, 5) is 36.9. The number of fused-ring (bicyclic) bond motifs is 10. The van der Waals surface area contributed by atoms with Crippen LogP contribution in [0.4, 0.5) is 0 Å². The van der Waals surface area contributed by atoms with Crippen LogP contribution in [0.5, 0.6) is 0 Å². The molecule has 0 aliphatic heterocycles. The van der Waals surface area contributed by atoms with E-state index < -0.39 is 0 Å². The van der Waals surface area contributed by atoms with Crippen molar-refractivity contribution in [3.63, 3.8) is 0 Å². The minimum atomic E-state index is 0.581. The fourth-order valence-electron chi connectivity index (χ4n) is 14.2. The first-order valence-corrected chi connectivity index (χ1v) is 34.4. The predicted octanol–water partition coefficient (Wildman–Crippen LogP) is 22.9. The van der Waals surface area contributed by atoms with Crippen molar-refractivity contribution in [2.24, 2.45) is 0 Å². The Labute approximate surface area is 596 Å². The number of pyridine rings is 5. The molecule has 488 valence electrons. The lowest BCUT2D eigenvalue weighted by Gasteiger charge is -2.12. The van der Waals surface area contributed by atoms with E-state index in [4.69, 9.17) is 28.8 Å². The number of hydrogen-bond acceptors (Lipinski definition) is 10. The average Bonchev–Trinajstić information content (AvgIpc) is 1.57. The van der Waals surface area contributed by atoms with Crippen LogP contribution in [-0.4, -0.2) is 49.0 Å². The second-order valence-corrected chi connectivity index (χ2v) is 25.5. The molecule has 12 heteroatoms. The molecule has 10 heterocycles. The van der Waals surface area contributed by atoms with Crippen LogP contribution >= 0.6 is 0 Å². The quantitative estimate of drug-likeness (QED) is 0.116. The predicted molar refractivity (Wildman–Crippen MR) is 418 cm³/mol. The smallest absolute Gasteiger partial charge is 0.164 e. The molecule has 0 N–H and O–H groups in total. The first-order chi connectivity index (χ1) is 51.5. The largest absolute Gasteiger partial charge is 0.455 e. The van der Waals surface area contributed by atoms with E-state index in [0.29, 0.717) is 17.5 Å². The van der Waals surface area contributed by atoms with E-state index in [0.717, 1.165) is 172 Å². The van der Waals surface area contributed by atoms with Crippen LogP contribution in [0.2, 0.25) is 0 Å². The monoisotopic (exact) mass is 1330 g/mol. The molecule has 0 spiro atoms. The van der Waals surface area contributed by atoms with E-state index >= 15 is 0 Å². The van der Waals surface area contributed by atoms with Crippen molar-refractivity contribution in [2.45, 2.75) is 0 Å². The van der Waals surface area contributed by atoms with E-state index in [1.54, 1.807) is 24.8 Å². The Hall–Kier alpha value is -14.4. The summed E-state index contributed by atoms with van der Waals surface area (Å²) in [6.45, 7) is 0. The van der Waals surface area contributed by atoms with Crippen molar-refractivity contribution in [1.82, 2.24) is 49.0 Å². The van der Waals surface area contributed by atoms with Crippen LogP contribution in [-0.2, 0) is 0 Å². The third kappa shape index (κ3) is 11.3. The second-order valence-electron chi connectivity index (χ2n) is 25.5. The topological polar surface area (TPSA) is 139 Å². The molecule has 12 nitrogen and oxygen atoms in total. The summed E-state index contributed by atoms with van der Waals surface area (Å²) in [7, 11) is 0. The van der Waals surface area contributed by atoms with Crippen LogP contribution in [0, 0.1) is 0 Å².